The fourth-order valence-electron chi connectivity index (χ4n) is 2.20. The van der Waals surface area contributed by atoms with Gasteiger partial charge >= 0.3 is 5.97 Å². The molecule has 2 rings (SSSR count). The van der Waals surface area contributed by atoms with Crippen LogP contribution in [-0.2, 0) is 27.4 Å². The predicted molar refractivity (Wildman–Crippen MR) is 67.9 cm³/mol. The fraction of sp³-hybridized carbons (Fsp3) is 0.429. The summed E-state index contributed by atoms with van der Waals surface area (Å²) in [5.74, 6) is -0.922. The zero-order chi connectivity index (χ0) is 14.0. The van der Waals surface area contributed by atoms with Crippen LogP contribution in [-0.4, -0.2) is 34.1 Å². The van der Waals surface area contributed by atoms with Gasteiger partial charge in [-0.05, 0) is 18.1 Å². The van der Waals surface area contributed by atoms with Gasteiger partial charge in [0.05, 0.1) is 0 Å². The van der Waals surface area contributed by atoms with E-state index in [-0.39, 0.29) is 0 Å². The first-order valence-electron chi connectivity index (χ1n) is 6.20. The molecule has 0 saturated carbocycles. The normalized spacial score (nSPS) is 16.7. The lowest BCUT2D eigenvalue weighted by Crippen LogP contribution is -2.43. The van der Waals surface area contributed by atoms with Crippen LogP contribution in [0.4, 0.5) is 0 Å². The van der Waals surface area contributed by atoms with Crippen molar-refractivity contribution in [1.82, 2.24) is 4.90 Å². The van der Waals surface area contributed by atoms with Crippen molar-refractivity contribution < 1.29 is 19.4 Å². The zero-order valence-corrected chi connectivity index (χ0v) is 11.0. The lowest BCUT2D eigenvalue weighted by molar-refractivity contribution is -0.159. The highest BCUT2D eigenvalue weighted by Gasteiger charge is 2.32. The molecule has 102 valence electrons. The zero-order valence-electron chi connectivity index (χ0n) is 11.0. The molecule has 19 heavy (non-hydrogen) atoms. The van der Waals surface area contributed by atoms with Crippen molar-refractivity contribution in [2.24, 2.45) is 0 Å². The minimum Gasteiger partial charge on any atom is -0.460 e. The highest BCUT2D eigenvalue weighted by atomic mass is 16.6. The largest absolute Gasteiger partial charge is 0.460 e. The van der Waals surface area contributed by atoms with Crippen molar-refractivity contribution in [3.05, 3.63) is 35.4 Å². The molecule has 1 aliphatic heterocycles. The molecule has 1 N–H and O–H groups in total. The maximum absolute atomic E-state index is 12.1. The van der Waals surface area contributed by atoms with Gasteiger partial charge in [-0.15, -0.1) is 0 Å². The molecule has 0 bridgehead atoms. The van der Waals surface area contributed by atoms with Gasteiger partial charge in [-0.3, -0.25) is 9.59 Å². The number of nitrogens with zero attached hydrogens (tertiary/aromatic N) is 1. The molecule has 0 radical (unpaired) electrons. The smallest absolute Gasteiger partial charge is 0.302 e. The van der Waals surface area contributed by atoms with Crippen molar-refractivity contribution in [3.63, 3.8) is 0 Å². The highest BCUT2D eigenvalue weighted by molar-refractivity contribution is 5.82. The van der Waals surface area contributed by atoms with E-state index in [1.165, 1.54) is 13.8 Å². The number of carbonyl (C=O) groups is 2. The van der Waals surface area contributed by atoms with Gasteiger partial charge in [0, 0.05) is 20.0 Å². The molecular formula is C14H17NO4. The van der Waals surface area contributed by atoms with Crippen LogP contribution in [0, 0.1) is 0 Å². The Bertz CT molecular complexity index is 475. The van der Waals surface area contributed by atoms with Crippen molar-refractivity contribution in [2.75, 3.05) is 0 Å². The van der Waals surface area contributed by atoms with Gasteiger partial charge < -0.3 is 14.7 Å². The number of ether oxygens (including phenoxy) is 1. The molecule has 0 spiro atoms. The van der Waals surface area contributed by atoms with Crippen LogP contribution >= 0.6 is 0 Å². The summed E-state index contributed by atoms with van der Waals surface area (Å²) >= 11 is 0. The monoisotopic (exact) mass is 263 g/mol. The summed E-state index contributed by atoms with van der Waals surface area (Å²) in [6.07, 6.45) is -2.16. The summed E-state index contributed by atoms with van der Waals surface area (Å²) < 4.78 is 4.83. The van der Waals surface area contributed by atoms with Crippen LogP contribution in [0.3, 0.4) is 0 Å². The average molecular weight is 263 g/mol. The van der Waals surface area contributed by atoms with E-state index in [1.807, 2.05) is 24.3 Å². The Kier molecular flexibility index (Phi) is 3.85. The molecule has 0 saturated heterocycles. The Hall–Kier alpha value is -1.88. The van der Waals surface area contributed by atoms with Crippen molar-refractivity contribution in [1.29, 1.82) is 0 Å². The molecule has 1 aromatic carbocycles. The molecule has 0 aromatic heterocycles. The fourth-order valence-corrected chi connectivity index (χ4v) is 2.20. The average Bonchev–Trinajstić information content (AvgIpc) is 2.79. The quantitative estimate of drug-likeness (QED) is 0.821. The standard InChI is InChI=1S/C14H17NO4/c1-9(19-10(2)16)13(17)14(18)15-7-11-5-3-4-6-12(11)8-15/h3-6,9,13,17H,7-8H2,1-2H3/t9?,13-/m1/s1. The molecule has 5 heteroatoms. The lowest BCUT2D eigenvalue weighted by atomic mass is 10.1. The second-order valence-electron chi connectivity index (χ2n) is 4.72. The first kappa shape index (κ1) is 13.5. The van der Waals surface area contributed by atoms with Crippen molar-refractivity contribution >= 4 is 11.9 Å². The molecule has 0 fully saturated rings. The van der Waals surface area contributed by atoms with E-state index in [9.17, 15) is 14.7 Å². The van der Waals surface area contributed by atoms with Gasteiger partial charge in [0.2, 0.25) is 0 Å². The first-order chi connectivity index (χ1) is 8.99. The van der Waals surface area contributed by atoms with Gasteiger partial charge in [0.25, 0.3) is 5.91 Å². The Morgan fingerprint density at radius 1 is 1.26 bits per heavy atom. The van der Waals surface area contributed by atoms with Gasteiger partial charge in [-0.2, -0.15) is 0 Å². The van der Waals surface area contributed by atoms with E-state index in [1.54, 1.807) is 4.90 Å². The molecule has 5 nitrogen and oxygen atoms in total. The summed E-state index contributed by atoms with van der Waals surface area (Å²) in [5.41, 5.74) is 2.17. The van der Waals surface area contributed by atoms with Crippen LogP contribution in [0.5, 0.6) is 0 Å². The number of fused-ring (bicyclic) bond motifs is 1. The van der Waals surface area contributed by atoms with E-state index in [0.29, 0.717) is 13.1 Å². The summed E-state index contributed by atoms with van der Waals surface area (Å²) in [6, 6.07) is 7.77. The number of benzene rings is 1. The molecule has 0 aliphatic carbocycles. The number of hydrogen-bond donors (Lipinski definition) is 1. The molecule has 1 amide bonds. The SMILES string of the molecule is CC(=O)OC(C)[C@@H](O)C(=O)N1Cc2ccccc2C1. The van der Waals surface area contributed by atoms with Gasteiger partial charge in [-0.1, -0.05) is 24.3 Å². The Balaban J connectivity index is 2.01. The van der Waals surface area contributed by atoms with Crippen molar-refractivity contribution in [2.45, 2.75) is 39.1 Å². The number of aliphatic hydroxyl groups excluding tert-OH is 1. The van der Waals surface area contributed by atoms with Crippen molar-refractivity contribution in [3.8, 4) is 0 Å². The van der Waals surface area contributed by atoms with Gasteiger partial charge in [0.15, 0.2) is 6.10 Å². The molecule has 1 aliphatic rings. The molecular weight excluding hydrogens is 246 g/mol. The second kappa shape index (κ2) is 5.40. The molecule has 1 unspecified atom stereocenters. The van der Waals surface area contributed by atoms with Gasteiger partial charge in [-0.25, -0.2) is 0 Å². The maximum atomic E-state index is 12.1. The Morgan fingerprint density at radius 3 is 2.26 bits per heavy atom. The van der Waals surface area contributed by atoms with Gasteiger partial charge in [0.1, 0.15) is 6.10 Å². The lowest BCUT2D eigenvalue weighted by Gasteiger charge is -2.23. The van der Waals surface area contributed by atoms with Crippen LogP contribution in [0.1, 0.15) is 25.0 Å². The molecule has 1 heterocycles. The van der Waals surface area contributed by atoms with E-state index >= 15 is 0 Å². The first-order valence-corrected chi connectivity index (χ1v) is 6.20. The minimum atomic E-state index is -1.32. The van der Waals surface area contributed by atoms with E-state index in [0.717, 1.165) is 11.1 Å². The number of hydrogen-bond acceptors (Lipinski definition) is 4. The number of amides is 1. The Labute approximate surface area is 111 Å². The number of carbonyl (C=O) groups excluding carboxylic acids is 2. The number of aliphatic hydroxyl groups is 1. The number of rotatable bonds is 3. The third kappa shape index (κ3) is 2.93. The van der Waals surface area contributed by atoms with E-state index in [4.69, 9.17) is 4.74 Å². The van der Waals surface area contributed by atoms with E-state index < -0.39 is 24.1 Å². The van der Waals surface area contributed by atoms with Crippen LogP contribution in [0.15, 0.2) is 24.3 Å². The van der Waals surface area contributed by atoms with Crippen LogP contribution in [0.25, 0.3) is 0 Å². The molecule has 2 atom stereocenters. The second-order valence-corrected chi connectivity index (χ2v) is 4.72. The summed E-state index contributed by atoms with van der Waals surface area (Å²) in [6.45, 7) is 3.73. The van der Waals surface area contributed by atoms with Crippen LogP contribution in [0.2, 0.25) is 0 Å². The highest BCUT2D eigenvalue weighted by Crippen LogP contribution is 2.23. The third-order valence-electron chi connectivity index (χ3n) is 3.20. The molecule has 1 aromatic rings. The summed E-state index contributed by atoms with van der Waals surface area (Å²) in [5, 5.41) is 9.91. The minimum absolute atomic E-state index is 0.412. The maximum Gasteiger partial charge on any atom is 0.302 e. The topological polar surface area (TPSA) is 66.8 Å². The third-order valence-corrected chi connectivity index (χ3v) is 3.20. The van der Waals surface area contributed by atoms with Crippen LogP contribution < -0.4 is 0 Å². The Morgan fingerprint density at radius 2 is 1.79 bits per heavy atom. The predicted octanol–water partition coefficient (Wildman–Crippen LogP) is 0.841. The summed E-state index contributed by atoms with van der Waals surface area (Å²) in [4.78, 5) is 24.5. The number of esters is 1. The summed E-state index contributed by atoms with van der Waals surface area (Å²) in [7, 11) is 0. The van der Waals surface area contributed by atoms with E-state index in [2.05, 4.69) is 0 Å².